The normalized spacial score (nSPS) is 35.6. The van der Waals surface area contributed by atoms with Crippen LogP contribution in [0.25, 0.3) is 0 Å². The molecule has 140 valence electrons. The largest absolute Gasteiger partial charge is 0.496 e. The van der Waals surface area contributed by atoms with Crippen molar-refractivity contribution >= 4 is 34.0 Å². The molecule has 2 bridgehead atoms. The van der Waals surface area contributed by atoms with Gasteiger partial charge in [0.15, 0.2) is 0 Å². The van der Waals surface area contributed by atoms with Crippen LogP contribution < -0.4 is 9.47 Å². The van der Waals surface area contributed by atoms with Crippen LogP contribution in [0.4, 0.5) is 0 Å². The Labute approximate surface area is 165 Å². The minimum Gasteiger partial charge on any atom is -0.496 e. The lowest BCUT2D eigenvalue weighted by atomic mass is 9.63. The van der Waals surface area contributed by atoms with Crippen LogP contribution in [-0.4, -0.2) is 37.3 Å². The SMILES string of the molecule is COc1cc(OC)c(/C=N\N2C(=O)[C@H]3[C@@H]4C=C[C@H]([C@H]5C[C@H]45)[C@@H]3C2=O)cc1Br. The molecular weight excluding hydrogens is 412 g/mol. The van der Waals surface area contributed by atoms with E-state index in [1.165, 1.54) is 6.21 Å². The number of allylic oxidation sites excluding steroid dienone is 2. The zero-order valence-electron chi connectivity index (χ0n) is 15.0. The van der Waals surface area contributed by atoms with Crippen LogP contribution in [0.5, 0.6) is 11.5 Å². The van der Waals surface area contributed by atoms with Crippen LogP contribution >= 0.6 is 15.9 Å². The second-order valence-corrected chi connectivity index (χ2v) is 8.47. The first kappa shape index (κ1) is 17.0. The first-order chi connectivity index (χ1) is 13.0. The van der Waals surface area contributed by atoms with Gasteiger partial charge in [0.2, 0.25) is 0 Å². The van der Waals surface area contributed by atoms with E-state index in [-0.39, 0.29) is 35.5 Å². The molecular formula is C20H19BrN2O4. The molecule has 6 rings (SSSR count). The molecule has 0 radical (unpaired) electrons. The van der Waals surface area contributed by atoms with Crippen molar-refractivity contribution in [2.45, 2.75) is 6.42 Å². The molecule has 1 heterocycles. The van der Waals surface area contributed by atoms with Gasteiger partial charge in [-0.15, -0.1) is 0 Å². The number of benzene rings is 1. The summed E-state index contributed by atoms with van der Waals surface area (Å²) in [5.74, 6) is 1.94. The van der Waals surface area contributed by atoms with Crippen LogP contribution in [0.3, 0.4) is 0 Å². The summed E-state index contributed by atoms with van der Waals surface area (Å²) in [5, 5.41) is 5.34. The Morgan fingerprint density at radius 3 is 2.19 bits per heavy atom. The van der Waals surface area contributed by atoms with E-state index in [2.05, 4.69) is 33.2 Å². The van der Waals surface area contributed by atoms with E-state index in [9.17, 15) is 9.59 Å². The van der Waals surface area contributed by atoms with Crippen LogP contribution in [0, 0.1) is 35.5 Å². The van der Waals surface area contributed by atoms with E-state index in [1.54, 1.807) is 26.4 Å². The number of hydrazone groups is 1. The van der Waals surface area contributed by atoms with Crippen molar-refractivity contribution in [2.75, 3.05) is 14.2 Å². The molecule has 27 heavy (non-hydrogen) atoms. The maximum absolute atomic E-state index is 12.9. The minimum absolute atomic E-state index is 0.169. The third-order valence-corrected chi connectivity index (χ3v) is 7.08. The zero-order valence-corrected chi connectivity index (χ0v) is 16.5. The standard InChI is InChI=1S/C20H19BrN2O4/c1-26-15-7-16(27-2)14(21)5-9(15)8-22-23-19(24)17-10-3-4-11(13-6-12(10)13)18(17)20(23)25/h3-5,7-8,10-13,17-18H,6H2,1-2H3/b22-8-/t10-,11-,12-,13-,17+,18+/m1/s1. The monoisotopic (exact) mass is 430 g/mol. The second-order valence-electron chi connectivity index (χ2n) is 7.62. The summed E-state index contributed by atoms with van der Waals surface area (Å²) in [7, 11) is 3.12. The van der Waals surface area contributed by atoms with Gasteiger partial charge in [0.1, 0.15) is 11.5 Å². The van der Waals surface area contributed by atoms with Crippen molar-refractivity contribution in [1.82, 2.24) is 5.01 Å². The highest BCUT2D eigenvalue weighted by atomic mass is 79.9. The van der Waals surface area contributed by atoms with Gasteiger partial charge in [-0.2, -0.15) is 10.1 Å². The van der Waals surface area contributed by atoms with Gasteiger partial charge in [0.25, 0.3) is 11.8 Å². The van der Waals surface area contributed by atoms with Crippen molar-refractivity contribution in [1.29, 1.82) is 0 Å². The van der Waals surface area contributed by atoms with Gasteiger partial charge in [0, 0.05) is 11.6 Å². The summed E-state index contributed by atoms with van der Waals surface area (Å²) < 4.78 is 11.4. The number of ether oxygens (including phenoxy) is 2. The molecule has 0 unspecified atom stereocenters. The smallest absolute Gasteiger partial charge is 0.254 e. The predicted octanol–water partition coefficient (Wildman–Crippen LogP) is 2.85. The molecule has 7 heteroatoms. The van der Waals surface area contributed by atoms with E-state index in [0.29, 0.717) is 28.9 Å². The third kappa shape index (κ3) is 2.33. The average Bonchev–Trinajstić information content (AvgIpc) is 3.45. The van der Waals surface area contributed by atoms with Gasteiger partial charge in [-0.05, 0) is 52.1 Å². The summed E-state index contributed by atoms with van der Waals surface area (Å²) in [6.07, 6.45) is 6.96. The highest BCUT2D eigenvalue weighted by Gasteiger charge is 2.67. The van der Waals surface area contributed by atoms with Gasteiger partial charge in [0.05, 0.1) is 36.7 Å². The van der Waals surface area contributed by atoms with Gasteiger partial charge < -0.3 is 9.47 Å². The van der Waals surface area contributed by atoms with Crippen LogP contribution in [0.1, 0.15) is 12.0 Å². The first-order valence-corrected chi connectivity index (χ1v) is 9.86. The molecule has 2 saturated carbocycles. The molecule has 1 saturated heterocycles. The Bertz CT molecular complexity index is 875. The number of hydrogen-bond donors (Lipinski definition) is 0. The lowest BCUT2D eigenvalue weighted by Gasteiger charge is -2.37. The van der Waals surface area contributed by atoms with Gasteiger partial charge in [-0.25, -0.2) is 0 Å². The maximum Gasteiger partial charge on any atom is 0.254 e. The van der Waals surface area contributed by atoms with Crippen molar-refractivity contribution in [3.05, 3.63) is 34.3 Å². The Balaban J connectivity index is 1.45. The van der Waals surface area contributed by atoms with Crippen LogP contribution in [0.15, 0.2) is 33.9 Å². The molecule has 4 aliphatic carbocycles. The maximum atomic E-state index is 12.9. The van der Waals surface area contributed by atoms with Gasteiger partial charge in [-0.3, -0.25) is 9.59 Å². The summed E-state index contributed by atoms with van der Waals surface area (Å²) in [4.78, 5) is 25.9. The number of halogens is 1. The Hall–Kier alpha value is -2.15. The Morgan fingerprint density at radius 1 is 1.04 bits per heavy atom. The van der Waals surface area contributed by atoms with Crippen LogP contribution in [-0.2, 0) is 9.59 Å². The fourth-order valence-corrected chi connectivity index (χ4v) is 5.68. The molecule has 1 aliphatic heterocycles. The molecule has 2 amide bonds. The molecule has 3 fully saturated rings. The van der Waals surface area contributed by atoms with E-state index in [0.717, 1.165) is 15.9 Å². The average molecular weight is 431 g/mol. The molecule has 0 N–H and O–H groups in total. The number of rotatable bonds is 4. The topological polar surface area (TPSA) is 68.2 Å². The molecule has 1 aromatic carbocycles. The molecule has 1 aromatic rings. The van der Waals surface area contributed by atoms with Crippen molar-refractivity contribution < 1.29 is 19.1 Å². The Morgan fingerprint density at radius 2 is 1.63 bits per heavy atom. The van der Waals surface area contributed by atoms with Gasteiger partial charge in [-0.1, -0.05) is 12.2 Å². The highest BCUT2D eigenvalue weighted by molar-refractivity contribution is 9.10. The number of amides is 2. The molecule has 0 aromatic heterocycles. The first-order valence-electron chi connectivity index (χ1n) is 9.06. The van der Waals surface area contributed by atoms with Crippen molar-refractivity contribution in [2.24, 2.45) is 40.6 Å². The second kappa shape index (κ2) is 5.92. The van der Waals surface area contributed by atoms with Crippen LogP contribution in [0.2, 0.25) is 0 Å². The number of carbonyl (C=O) groups is 2. The summed E-state index contributed by atoms with van der Waals surface area (Å²) in [6, 6.07) is 3.52. The third-order valence-electron chi connectivity index (χ3n) is 6.46. The summed E-state index contributed by atoms with van der Waals surface area (Å²) >= 11 is 3.44. The van der Waals surface area contributed by atoms with Crippen molar-refractivity contribution in [3.63, 3.8) is 0 Å². The number of methoxy groups -OCH3 is 2. The fraction of sp³-hybridized carbons (Fsp3) is 0.450. The Kier molecular flexibility index (Phi) is 3.73. The van der Waals surface area contributed by atoms with Gasteiger partial charge >= 0.3 is 0 Å². The summed E-state index contributed by atoms with van der Waals surface area (Å²) in [5.41, 5.74) is 0.657. The molecule has 6 nitrogen and oxygen atoms in total. The minimum atomic E-state index is -0.238. The number of imide groups is 1. The molecule has 5 aliphatic rings. The fourth-order valence-electron chi connectivity index (χ4n) is 5.16. The zero-order chi connectivity index (χ0) is 18.9. The van der Waals surface area contributed by atoms with E-state index in [1.807, 2.05) is 0 Å². The molecule has 0 spiro atoms. The number of hydrogen-bond acceptors (Lipinski definition) is 5. The van der Waals surface area contributed by atoms with E-state index < -0.39 is 0 Å². The number of carbonyl (C=O) groups excluding carboxylic acids is 2. The quantitative estimate of drug-likeness (QED) is 0.418. The predicted molar refractivity (Wildman–Crippen MR) is 101 cm³/mol. The lowest BCUT2D eigenvalue weighted by Crippen LogP contribution is -2.40. The molecule has 6 atom stereocenters. The highest BCUT2D eigenvalue weighted by Crippen LogP contribution is 2.65. The van der Waals surface area contributed by atoms with E-state index >= 15 is 0 Å². The lowest BCUT2D eigenvalue weighted by molar-refractivity contribution is -0.140. The van der Waals surface area contributed by atoms with Crippen molar-refractivity contribution in [3.8, 4) is 11.5 Å². The summed E-state index contributed by atoms with van der Waals surface area (Å²) in [6.45, 7) is 0. The number of nitrogens with zero attached hydrogens (tertiary/aromatic N) is 2. The van der Waals surface area contributed by atoms with E-state index in [4.69, 9.17) is 9.47 Å².